The number of esters is 1. The topological polar surface area (TPSA) is 79.2 Å². The number of thiophene rings is 1. The second-order valence-corrected chi connectivity index (χ2v) is 7.28. The number of nitrogens with one attached hydrogen (secondary N) is 1. The van der Waals surface area contributed by atoms with E-state index in [1.807, 2.05) is 37.3 Å². The maximum atomic E-state index is 12.0. The van der Waals surface area contributed by atoms with Gasteiger partial charge in [-0.1, -0.05) is 29.8 Å². The molecule has 7 heteroatoms. The molecular formula is C18H18N2O3S2. The highest BCUT2D eigenvalue weighted by atomic mass is 32.2. The van der Waals surface area contributed by atoms with E-state index < -0.39 is 18.0 Å². The predicted molar refractivity (Wildman–Crippen MR) is 101 cm³/mol. The Kier molecular flexibility index (Phi) is 7.04. The van der Waals surface area contributed by atoms with E-state index in [1.54, 1.807) is 11.4 Å². The average molecular weight is 374 g/mol. The minimum Gasteiger partial charge on any atom is -0.452 e. The Morgan fingerprint density at radius 1 is 1.32 bits per heavy atom. The first-order valence-electron chi connectivity index (χ1n) is 7.61. The first kappa shape index (κ1) is 19.0. The molecular weight excluding hydrogens is 356 g/mol. The van der Waals surface area contributed by atoms with Crippen LogP contribution in [-0.4, -0.2) is 23.7 Å². The normalized spacial score (nSPS) is 11.4. The minimum atomic E-state index is -0.916. The molecule has 0 bridgehead atoms. The van der Waals surface area contributed by atoms with Gasteiger partial charge in [0.2, 0.25) is 0 Å². The molecule has 1 aromatic heterocycles. The molecule has 1 amide bonds. The molecule has 0 aliphatic carbocycles. The zero-order chi connectivity index (χ0) is 18.2. The number of hydrogen-bond acceptors (Lipinski definition) is 6. The molecule has 5 nitrogen and oxygen atoms in total. The molecule has 0 saturated carbocycles. The average Bonchev–Trinajstić information content (AvgIpc) is 3.03. The molecule has 25 heavy (non-hydrogen) atoms. The van der Waals surface area contributed by atoms with Crippen molar-refractivity contribution in [3.63, 3.8) is 0 Å². The minimum absolute atomic E-state index is 0.175. The van der Waals surface area contributed by atoms with E-state index in [2.05, 4.69) is 5.32 Å². The lowest BCUT2D eigenvalue weighted by atomic mass is 10.2. The summed E-state index contributed by atoms with van der Waals surface area (Å²) >= 11 is 2.69. The highest BCUT2D eigenvalue weighted by molar-refractivity contribution is 7.99. The van der Waals surface area contributed by atoms with Crippen LogP contribution in [0.2, 0.25) is 0 Å². The highest BCUT2D eigenvalue weighted by Gasteiger charge is 2.19. The zero-order valence-corrected chi connectivity index (χ0v) is 15.6. The second kappa shape index (κ2) is 9.25. The lowest BCUT2D eigenvalue weighted by Gasteiger charge is -2.13. The number of anilines is 1. The van der Waals surface area contributed by atoms with Gasteiger partial charge >= 0.3 is 5.97 Å². The number of nitriles is 1. The molecule has 0 aliphatic heterocycles. The van der Waals surface area contributed by atoms with Crippen molar-refractivity contribution in [3.8, 4) is 6.07 Å². The second-order valence-electron chi connectivity index (χ2n) is 5.37. The number of aryl methyl sites for hydroxylation is 1. The van der Waals surface area contributed by atoms with Crippen LogP contribution in [0.15, 0.2) is 35.7 Å². The van der Waals surface area contributed by atoms with Crippen molar-refractivity contribution in [1.82, 2.24) is 0 Å². The summed E-state index contributed by atoms with van der Waals surface area (Å²) in [4.78, 5) is 23.9. The van der Waals surface area contributed by atoms with Crippen molar-refractivity contribution in [1.29, 1.82) is 5.26 Å². The van der Waals surface area contributed by atoms with Crippen LogP contribution in [0.5, 0.6) is 0 Å². The molecule has 1 atom stereocenters. The van der Waals surface area contributed by atoms with Gasteiger partial charge in [-0.05, 0) is 30.9 Å². The Balaban J connectivity index is 1.74. The highest BCUT2D eigenvalue weighted by Crippen LogP contribution is 2.22. The van der Waals surface area contributed by atoms with E-state index in [-0.39, 0.29) is 5.75 Å². The Labute approximate surface area is 155 Å². The number of benzene rings is 1. The fourth-order valence-electron chi connectivity index (χ4n) is 1.93. The van der Waals surface area contributed by atoms with Gasteiger partial charge in [0, 0.05) is 5.75 Å². The van der Waals surface area contributed by atoms with E-state index in [4.69, 9.17) is 10.00 Å². The lowest BCUT2D eigenvalue weighted by Crippen LogP contribution is -2.30. The summed E-state index contributed by atoms with van der Waals surface area (Å²) in [6, 6.07) is 11.7. The largest absolute Gasteiger partial charge is 0.452 e. The van der Waals surface area contributed by atoms with Crippen molar-refractivity contribution in [2.45, 2.75) is 25.7 Å². The Morgan fingerprint density at radius 2 is 2.04 bits per heavy atom. The van der Waals surface area contributed by atoms with Gasteiger partial charge < -0.3 is 10.1 Å². The van der Waals surface area contributed by atoms with Crippen LogP contribution in [0, 0.1) is 18.3 Å². The molecule has 0 radical (unpaired) electrons. The summed E-state index contributed by atoms with van der Waals surface area (Å²) in [6.07, 6.45) is -0.916. The summed E-state index contributed by atoms with van der Waals surface area (Å²) in [5, 5.41) is 13.7. The van der Waals surface area contributed by atoms with Crippen molar-refractivity contribution in [2.75, 3.05) is 11.1 Å². The van der Waals surface area contributed by atoms with Gasteiger partial charge in [-0.2, -0.15) is 5.26 Å². The molecule has 0 saturated heterocycles. The summed E-state index contributed by atoms with van der Waals surface area (Å²) < 4.78 is 5.14. The van der Waals surface area contributed by atoms with Crippen LogP contribution in [0.1, 0.15) is 23.6 Å². The van der Waals surface area contributed by atoms with E-state index in [0.29, 0.717) is 16.3 Å². The summed E-state index contributed by atoms with van der Waals surface area (Å²) in [5.74, 6) is -0.00719. The molecule has 130 valence electrons. The quantitative estimate of drug-likeness (QED) is 0.747. The monoisotopic (exact) mass is 374 g/mol. The van der Waals surface area contributed by atoms with Crippen LogP contribution >= 0.6 is 23.1 Å². The number of nitrogens with zero attached hydrogens (tertiary/aromatic N) is 1. The standard InChI is InChI=1S/C18H18N2O3S2/c1-12-3-5-14(6-4-12)10-24-11-16(21)23-13(2)17(22)20-18-15(9-19)7-8-25-18/h3-8,13H,10-11H2,1-2H3,(H,20,22)/t13-/m0/s1. The van der Waals surface area contributed by atoms with E-state index >= 15 is 0 Å². The number of carbonyl (C=O) groups excluding carboxylic acids is 2. The van der Waals surface area contributed by atoms with Crippen molar-refractivity contribution < 1.29 is 14.3 Å². The molecule has 2 rings (SSSR count). The van der Waals surface area contributed by atoms with E-state index in [1.165, 1.54) is 35.6 Å². The zero-order valence-electron chi connectivity index (χ0n) is 13.9. The molecule has 1 N–H and O–H groups in total. The fourth-order valence-corrected chi connectivity index (χ4v) is 3.43. The first-order chi connectivity index (χ1) is 12.0. The number of rotatable bonds is 7. The van der Waals surface area contributed by atoms with Crippen LogP contribution in [0.3, 0.4) is 0 Å². The Bertz CT molecular complexity index is 778. The third kappa shape index (κ3) is 5.93. The molecule has 0 spiro atoms. The fraction of sp³-hybridized carbons (Fsp3) is 0.278. The lowest BCUT2D eigenvalue weighted by molar-refractivity contribution is -0.150. The number of amides is 1. The molecule has 0 fully saturated rings. The molecule has 1 heterocycles. The van der Waals surface area contributed by atoms with Crippen LogP contribution in [0.4, 0.5) is 5.00 Å². The number of carbonyl (C=O) groups is 2. The number of hydrogen-bond donors (Lipinski definition) is 1. The maximum absolute atomic E-state index is 12.0. The van der Waals surface area contributed by atoms with E-state index in [9.17, 15) is 9.59 Å². The predicted octanol–water partition coefficient (Wildman–Crippen LogP) is 3.73. The van der Waals surface area contributed by atoms with Gasteiger partial charge in [-0.25, -0.2) is 0 Å². The molecule has 0 aliphatic rings. The van der Waals surface area contributed by atoms with Gasteiger partial charge in [0.15, 0.2) is 6.10 Å². The van der Waals surface area contributed by atoms with E-state index in [0.717, 1.165) is 5.56 Å². The van der Waals surface area contributed by atoms with Crippen LogP contribution < -0.4 is 5.32 Å². The third-order valence-corrected chi connectivity index (χ3v) is 5.12. The summed E-state index contributed by atoms with van der Waals surface area (Å²) in [7, 11) is 0. The molecule has 0 unspecified atom stereocenters. The molecule has 2 aromatic rings. The van der Waals surface area contributed by atoms with Gasteiger partial charge in [-0.15, -0.1) is 23.1 Å². The smallest absolute Gasteiger partial charge is 0.316 e. The summed E-state index contributed by atoms with van der Waals surface area (Å²) in [5.41, 5.74) is 2.72. The SMILES string of the molecule is Cc1ccc(CSCC(=O)O[C@@H](C)C(=O)Nc2sccc2C#N)cc1. The van der Waals surface area contributed by atoms with Crippen molar-refractivity contribution in [3.05, 3.63) is 52.4 Å². The van der Waals surface area contributed by atoms with Gasteiger partial charge in [-0.3, -0.25) is 9.59 Å². The number of ether oxygens (including phenoxy) is 1. The van der Waals surface area contributed by atoms with Gasteiger partial charge in [0.25, 0.3) is 5.91 Å². The third-order valence-electron chi connectivity index (χ3n) is 3.31. The first-order valence-corrected chi connectivity index (χ1v) is 9.64. The van der Waals surface area contributed by atoms with Crippen molar-refractivity contribution in [2.24, 2.45) is 0 Å². The van der Waals surface area contributed by atoms with Crippen LogP contribution in [-0.2, 0) is 20.1 Å². The molecule has 1 aromatic carbocycles. The van der Waals surface area contributed by atoms with Crippen LogP contribution in [0.25, 0.3) is 0 Å². The maximum Gasteiger partial charge on any atom is 0.316 e. The summed E-state index contributed by atoms with van der Waals surface area (Å²) in [6.45, 7) is 3.54. The van der Waals surface area contributed by atoms with Gasteiger partial charge in [0.05, 0.1) is 11.3 Å². The Hall–Kier alpha value is -2.30. The Morgan fingerprint density at radius 3 is 2.72 bits per heavy atom. The van der Waals surface area contributed by atoms with Gasteiger partial charge in [0.1, 0.15) is 11.1 Å². The van der Waals surface area contributed by atoms with Crippen molar-refractivity contribution >= 4 is 40.0 Å². The number of thioether (sulfide) groups is 1.